The molecule has 0 spiro atoms. The van der Waals surface area contributed by atoms with Gasteiger partial charge < -0.3 is 5.73 Å². The molecular weight excluding hydrogens is 488 g/mol. The Hall–Kier alpha value is -5.03. The van der Waals surface area contributed by atoms with Crippen molar-refractivity contribution in [2.75, 3.05) is 5.73 Å². The van der Waals surface area contributed by atoms with E-state index in [0.29, 0.717) is 22.2 Å². The Bertz CT molecular complexity index is 1680. The van der Waals surface area contributed by atoms with Crippen LogP contribution in [0.4, 0.5) is 14.5 Å². The van der Waals surface area contributed by atoms with Gasteiger partial charge in [-0.25, -0.2) is 13.5 Å². The summed E-state index contributed by atoms with van der Waals surface area (Å²) >= 11 is 0. The molecule has 0 unspecified atom stereocenters. The maximum absolute atomic E-state index is 15.8. The fraction of sp³-hybridized carbons (Fsp3) is 0.0294. The molecule has 0 atom stereocenters. The van der Waals surface area contributed by atoms with Crippen molar-refractivity contribution in [3.8, 4) is 0 Å². The largest absolute Gasteiger partial charge is 0.396 e. The van der Waals surface area contributed by atoms with E-state index in [1.165, 1.54) is 12.1 Å². The van der Waals surface area contributed by atoms with Crippen molar-refractivity contribution in [2.45, 2.75) is 5.54 Å². The molecule has 0 aliphatic heterocycles. The van der Waals surface area contributed by atoms with Crippen molar-refractivity contribution in [1.29, 1.82) is 0 Å². The van der Waals surface area contributed by atoms with Crippen LogP contribution in [0, 0.1) is 11.6 Å². The number of anilines is 1. The SMILES string of the molecule is Nc1ccc2c(c(C=Cc3cccc(F)c3)nn2C(c2ccccc2)(c2ccccc2)c2ccccc2)c1F. The Morgan fingerprint density at radius 3 is 1.74 bits per heavy atom. The fourth-order valence-corrected chi connectivity index (χ4v) is 5.28. The van der Waals surface area contributed by atoms with Gasteiger partial charge in [0.25, 0.3) is 0 Å². The summed E-state index contributed by atoms with van der Waals surface area (Å²) in [6.45, 7) is 0. The van der Waals surface area contributed by atoms with Crippen LogP contribution in [0.5, 0.6) is 0 Å². The molecule has 2 N–H and O–H groups in total. The topological polar surface area (TPSA) is 43.8 Å². The Balaban J connectivity index is 1.73. The van der Waals surface area contributed by atoms with Gasteiger partial charge in [0.15, 0.2) is 5.82 Å². The van der Waals surface area contributed by atoms with Gasteiger partial charge in [-0.1, -0.05) is 109 Å². The second-order valence-electron chi connectivity index (χ2n) is 9.36. The number of hydrogen-bond acceptors (Lipinski definition) is 2. The van der Waals surface area contributed by atoms with Crippen LogP contribution in [0.3, 0.4) is 0 Å². The van der Waals surface area contributed by atoms with Gasteiger partial charge in [-0.2, -0.15) is 5.10 Å². The summed E-state index contributed by atoms with van der Waals surface area (Å²) in [5.41, 5.74) is 9.65. The van der Waals surface area contributed by atoms with Crippen LogP contribution < -0.4 is 5.73 Å². The molecule has 0 saturated heterocycles. The van der Waals surface area contributed by atoms with Gasteiger partial charge in [0.05, 0.1) is 22.3 Å². The maximum atomic E-state index is 15.8. The third-order valence-corrected chi connectivity index (χ3v) is 7.02. The highest BCUT2D eigenvalue weighted by molar-refractivity contribution is 5.93. The smallest absolute Gasteiger partial charge is 0.157 e. The molecular formula is C34H25F2N3. The minimum atomic E-state index is -0.935. The van der Waals surface area contributed by atoms with Crippen molar-refractivity contribution < 1.29 is 8.78 Å². The first-order chi connectivity index (χ1) is 19.1. The highest BCUT2D eigenvalue weighted by atomic mass is 19.1. The van der Waals surface area contributed by atoms with E-state index >= 15 is 4.39 Å². The minimum Gasteiger partial charge on any atom is -0.396 e. The molecule has 0 aliphatic rings. The third kappa shape index (κ3) is 4.18. The standard InChI is InChI=1S/C34H25F2N3/c35-28-18-10-11-24(23-28)19-21-30-32-31(22-20-29(37)33(32)36)39(38-30)34(25-12-4-1-5-13-25,26-14-6-2-7-15-26)27-16-8-3-9-17-27/h1-23H,37H2. The zero-order valence-electron chi connectivity index (χ0n) is 21.0. The van der Waals surface area contributed by atoms with Crippen molar-refractivity contribution in [3.05, 3.63) is 167 Å². The zero-order valence-corrected chi connectivity index (χ0v) is 21.0. The zero-order chi connectivity index (χ0) is 26.8. The number of nitrogens with two attached hydrogens (primary N) is 1. The average Bonchev–Trinajstić information content (AvgIpc) is 3.35. The first-order valence-corrected chi connectivity index (χ1v) is 12.7. The summed E-state index contributed by atoms with van der Waals surface area (Å²) < 4.78 is 31.5. The quantitative estimate of drug-likeness (QED) is 0.182. The van der Waals surface area contributed by atoms with Crippen molar-refractivity contribution in [2.24, 2.45) is 0 Å². The first-order valence-electron chi connectivity index (χ1n) is 12.7. The number of nitrogens with zero attached hydrogens (tertiary/aromatic N) is 2. The highest BCUT2D eigenvalue weighted by Crippen LogP contribution is 2.43. The van der Waals surface area contributed by atoms with E-state index in [2.05, 4.69) is 36.4 Å². The first kappa shape index (κ1) is 24.3. The van der Waals surface area contributed by atoms with Gasteiger partial charge in [-0.05, 0) is 52.6 Å². The molecule has 1 heterocycles. The Kier molecular flexibility index (Phi) is 6.25. The maximum Gasteiger partial charge on any atom is 0.157 e. The highest BCUT2D eigenvalue weighted by Gasteiger charge is 2.41. The third-order valence-electron chi connectivity index (χ3n) is 7.02. The summed E-state index contributed by atoms with van der Waals surface area (Å²) in [4.78, 5) is 0. The summed E-state index contributed by atoms with van der Waals surface area (Å²) in [6, 6.07) is 39.8. The monoisotopic (exact) mass is 513 g/mol. The molecule has 190 valence electrons. The lowest BCUT2D eigenvalue weighted by atomic mass is 9.77. The average molecular weight is 514 g/mol. The fourth-order valence-electron chi connectivity index (χ4n) is 5.28. The molecule has 0 amide bonds. The molecule has 0 aliphatic carbocycles. The molecule has 0 bridgehead atoms. The van der Waals surface area contributed by atoms with Gasteiger partial charge in [0.2, 0.25) is 0 Å². The molecule has 1 aromatic heterocycles. The van der Waals surface area contributed by atoms with Crippen molar-refractivity contribution in [1.82, 2.24) is 9.78 Å². The van der Waals surface area contributed by atoms with Crippen LogP contribution in [-0.4, -0.2) is 9.78 Å². The number of rotatable bonds is 6. The molecule has 5 heteroatoms. The molecule has 0 saturated carbocycles. The van der Waals surface area contributed by atoms with Gasteiger partial charge in [-0.15, -0.1) is 0 Å². The molecule has 39 heavy (non-hydrogen) atoms. The van der Waals surface area contributed by atoms with E-state index in [0.717, 1.165) is 16.7 Å². The summed E-state index contributed by atoms with van der Waals surface area (Å²) in [7, 11) is 0. The molecule has 6 aromatic rings. The lowest BCUT2D eigenvalue weighted by Gasteiger charge is -2.37. The van der Waals surface area contributed by atoms with Crippen LogP contribution in [0.15, 0.2) is 127 Å². The van der Waals surface area contributed by atoms with Crippen LogP contribution in [0.1, 0.15) is 27.9 Å². The van der Waals surface area contributed by atoms with E-state index in [1.54, 1.807) is 30.4 Å². The second kappa shape index (κ2) is 10.0. The number of benzene rings is 5. The lowest BCUT2D eigenvalue weighted by Crippen LogP contribution is -2.38. The number of halogens is 2. The van der Waals surface area contributed by atoms with Gasteiger partial charge >= 0.3 is 0 Å². The Labute approximate surface area is 225 Å². The van der Waals surface area contributed by atoms with E-state index in [9.17, 15) is 4.39 Å². The summed E-state index contributed by atoms with van der Waals surface area (Å²) in [5.74, 6) is -0.889. The second-order valence-corrected chi connectivity index (χ2v) is 9.36. The van der Waals surface area contributed by atoms with E-state index in [1.807, 2.05) is 65.3 Å². The van der Waals surface area contributed by atoms with E-state index < -0.39 is 11.4 Å². The molecule has 3 nitrogen and oxygen atoms in total. The van der Waals surface area contributed by atoms with Gasteiger partial charge in [0, 0.05) is 0 Å². The molecule has 5 aromatic carbocycles. The predicted molar refractivity (Wildman–Crippen MR) is 154 cm³/mol. The van der Waals surface area contributed by atoms with Gasteiger partial charge in [0.1, 0.15) is 11.4 Å². The lowest BCUT2D eigenvalue weighted by molar-refractivity contribution is 0.475. The molecule has 6 rings (SSSR count). The number of aromatic nitrogens is 2. The molecule has 0 fully saturated rings. The Morgan fingerprint density at radius 2 is 1.21 bits per heavy atom. The van der Waals surface area contributed by atoms with Crippen LogP contribution >= 0.6 is 0 Å². The van der Waals surface area contributed by atoms with Crippen LogP contribution in [0.2, 0.25) is 0 Å². The summed E-state index contributed by atoms with van der Waals surface area (Å²) in [6.07, 6.45) is 3.44. The number of fused-ring (bicyclic) bond motifs is 1. The van der Waals surface area contributed by atoms with Crippen LogP contribution in [-0.2, 0) is 5.54 Å². The van der Waals surface area contributed by atoms with E-state index in [4.69, 9.17) is 10.8 Å². The number of nitrogen functional groups attached to an aromatic ring is 1. The van der Waals surface area contributed by atoms with E-state index in [-0.39, 0.29) is 11.5 Å². The molecule has 0 radical (unpaired) electrons. The normalized spacial score (nSPS) is 11.8. The van der Waals surface area contributed by atoms with Crippen LogP contribution in [0.25, 0.3) is 23.1 Å². The number of hydrogen-bond donors (Lipinski definition) is 1. The van der Waals surface area contributed by atoms with Crippen molar-refractivity contribution >= 4 is 28.7 Å². The Morgan fingerprint density at radius 1 is 0.641 bits per heavy atom. The minimum absolute atomic E-state index is 0.0344. The predicted octanol–water partition coefficient (Wildman–Crippen LogP) is 7.91. The van der Waals surface area contributed by atoms with Gasteiger partial charge in [-0.3, -0.25) is 0 Å². The summed E-state index contributed by atoms with van der Waals surface area (Å²) in [5, 5.41) is 5.37. The van der Waals surface area contributed by atoms with Crippen molar-refractivity contribution in [3.63, 3.8) is 0 Å².